The Kier molecular flexibility index (Phi) is 5.85. The Hall–Kier alpha value is -6.08. The van der Waals surface area contributed by atoms with Crippen molar-refractivity contribution in [3.05, 3.63) is 170 Å². The van der Waals surface area contributed by atoms with Gasteiger partial charge in [0.2, 0.25) is 0 Å². The molecule has 0 unspecified atom stereocenters. The molecule has 0 fully saturated rings. The first-order valence-corrected chi connectivity index (χ1v) is 20.1. The van der Waals surface area contributed by atoms with E-state index in [2.05, 4.69) is 184 Å². The topological polar surface area (TPSA) is 13.1 Å². The molecule has 3 aliphatic rings. The zero-order chi connectivity index (χ0) is 35.1. The van der Waals surface area contributed by atoms with Crippen molar-refractivity contribution in [3.63, 3.8) is 0 Å². The van der Waals surface area contributed by atoms with Gasteiger partial charge in [-0.2, -0.15) is 0 Å². The van der Waals surface area contributed by atoms with Crippen LogP contribution in [0.5, 0.6) is 0 Å². The van der Waals surface area contributed by atoms with Crippen LogP contribution in [0, 0.1) is 0 Å². The van der Waals surface area contributed by atoms with Gasteiger partial charge >= 0.3 is 0 Å². The van der Waals surface area contributed by atoms with Crippen LogP contribution >= 0.6 is 23.5 Å². The summed E-state index contributed by atoms with van der Waals surface area (Å²) in [5, 5.41) is 5.10. The molecule has 0 bridgehead atoms. The predicted molar refractivity (Wildman–Crippen MR) is 229 cm³/mol. The van der Waals surface area contributed by atoms with Gasteiger partial charge in [0.1, 0.15) is 0 Å². The fraction of sp³-hybridized carbons (Fsp3) is 0. The summed E-state index contributed by atoms with van der Waals surface area (Å²) in [6.07, 6.45) is 0. The highest BCUT2D eigenvalue weighted by Crippen LogP contribution is 2.49. The minimum Gasteiger partial charge on any atom is -0.311 e. The van der Waals surface area contributed by atoms with Gasteiger partial charge in [0.15, 0.2) is 0 Å². The van der Waals surface area contributed by atoms with E-state index in [1.807, 2.05) is 23.5 Å². The Labute approximate surface area is 320 Å². The van der Waals surface area contributed by atoms with Crippen LogP contribution in [-0.2, 0) is 0 Å². The monoisotopic (exact) mass is 721 g/mol. The number of para-hydroxylation sites is 5. The lowest BCUT2D eigenvalue weighted by atomic mass is 9.34. The van der Waals surface area contributed by atoms with Crippen LogP contribution in [0.1, 0.15) is 0 Å². The van der Waals surface area contributed by atoms with Gasteiger partial charge in [-0.1, -0.05) is 121 Å². The summed E-state index contributed by atoms with van der Waals surface area (Å²) < 4.78 is 4.95. The third-order valence-corrected chi connectivity index (χ3v) is 14.0. The fourth-order valence-corrected chi connectivity index (χ4v) is 12.1. The number of anilines is 3. The number of nitrogens with zero attached hydrogens (tertiary/aromatic N) is 3. The lowest BCUT2D eigenvalue weighted by Crippen LogP contribution is -2.62. The third kappa shape index (κ3) is 3.81. The highest BCUT2D eigenvalue weighted by Gasteiger charge is 2.46. The van der Waals surface area contributed by atoms with E-state index in [-0.39, 0.29) is 6.71 Å². The number of rotatable bonds is 3. The molecule has 5 heterocycles. The van der Waals surface area contributed by atoms with E-state index in [9.17, 15) is 0 Å². The number of aromatic nitrogens is 2. The average molecular weight is 722 g/mol. The summed E-state index contributed by atoms with van der Waals surface area (Å²) in [6, 6.07) is 63.1. The van der Waals surface area contributed by atoms with Crippen molar-refractivity contribution < 1.29 is 0 Å². The molecule has 0 aliphatic carbocycles. The van der Waals surface area contributed by atoms with E-state index in [4.69, 9.17) is 0 Å². The first kappa shape index (κ1) is 29.4. The Bertz CT molecular complexity index is 2950. The first-order chi connectivity index (χ1) is 26.8. The second-order valence-electron chi connectivity index (χ2n) is 14.5. The van der Waals surface area contributed by atoms with E-state index in [1.54, 1.807) is 0 Å². The van der Waals surface area contributed by atoms with Gasteiger partial charge in [-0.3, -0.25) is 0 Å². The Morgan fingerprint density at radius 1 is 0.333 bits per heavy atom. The highest BCUT2D eigenvalue weighted by atomic mass is 32.2. The van der Waals surface area contributed by atoms with Gasteiger partial charge in [0, 0.05) is 69.6 Å². The first-order valence-electron chi connectivity index (χ1n) is 18.5. The molecule has 250 valence electrons. The van der Waals surface area contributed by atoms with Crippen molar-refractivity contribution in [1.29, 1.82) is 0 Å². The second-order valence-corrected chi connectivity index (χ2v) is 16.6. The maximum Gasteiger partial charge on any atom is 0.252 e. The molecule has 0 saturated heterocycles. The van der Waals surface area contributed by atoms with Crippen LogP contribution in [0.4, 0.5) is 17.1 Å². The molecule has 10 aromatic rings. The van der Waals surface area contributed by atoms with Gasteiger partial charge in [-0.15, -0.1) is 0 Å². The SMILES string of the molecule is c1ccc(N2c3cc(-n4c5ccccc5c5ccccc54)cc4c3B3c5c(cccc5Sc5cc(-n6c7ccccc7c7ccccc76)cc2c53)S4)cc1. The molecule has 8 aromatic carbocycles. The smallest absolute Gasteiger partial charge is 0.252 e. The molecule has 13 rings (SSSR count). The molecule has 0 radical (unpaired) electrons. The predicted octanol–water partition coefficient (Wildman–Crippen LogP) is 11.1. The van der Waals surface area contributed by atoms with Crippen molar-refractivity contribution in [1.82, 2.24) is 9.13 Å². The molecule has 0 saturated carbocycles. The van der Waals surface area contributed by atoms with Gasteiger partial charge in [-0.05, 0) is 89.2 Å². The zero-order valence-electron chi connectivity index (χ0n) is 28.9. The Morgan fingerprint density at radius 2 is 0.741 bits per heavy atom. The van der Waals surface area contributed by atoms with Gasteiger partial charge in [0.25, 0.3) is 6.71 Å². The standard InChI is InChI=1S/C48H28BN3S2/c1-2-13-29(14-3-1)50-40-25-30(51-36-19-8-4-15-32(36)33-16-5-9-20-37(33)51)27-44-46(40)49-47-41(50)26-31(28-45(47)54-43-24-12-23-42(53-44)48(43)49)52-38-21-10-6-17-34(38)35-18-7-11-22-39(35)52/h1-28H. The highest BCUT2D eigenvalue weighted by molar-refractivity contribution is 8.01. The molecule has 0 spiro atoms. The van der Waals surface area contributed by atoms with Crippen molar-refractivity contribution in [3.8, 4) is 11.4 Å². The van der Waals surface area contributed by atoms with Crippen LogP contribution in [-0.4, -0.2) is 15.8 Å². The zero-order valence-corrected chi connectivity index (χ0v) is 30.5. The van der Waals surface area contributed by atoms with Crippen LogP contribution in [0.25, 0.3) is 55.0 Å². The molecule has 0 amide bonds. The van der Waals surface area contributed by atoms with E-state index < -0.39 is 0 Å². The van der Waals surface area contributed by atoms with Crippen LogP contribution in [0.15, 0.2) is 189 Å². The Morgan fingerprint density at radius 3 is 1.19 bits per heavy atom. The van der Waals surface area contributed by atoms with Crippen molar-refractivity contribution in [2.75, 3.05) is 4.90 Å². The van der Waals surface area contributed by atoms with Gasteiger partial charge < -0.3 is 14.0 Å². The van der Waals surface area contributed by atoms with Crippen LogP contribution in [0.2, 0.25) is 0 Å². The van der Waals surface area contributed by atoms with Crippen molar-refractivity contribution >= 4 is 107 Å². The lowest BCUT2D eigenvalue weighted by Gasteiger charge is -2.43. The largest absolute Gasteiger partial charge is 0.311 e. The second kappa shape index (κ2) is 10.8. The molecule has 3 aliphatic heterocycles. The van der Waals surface area contributed by atoms with E-state index >= 15 is 0 Å². The summed E-state index contributed by atoms with van der Waals surface area (Å²) >= 11 is 3.87. The van der Waals surface area contributed by atoms with Crippen LogP contribution in [0.3, 0.4) is 0 Å². The summed E-state index contributed by atoms with van der Waals surface area (Å²) in [6.45, 7) is 0.146. The molecule has 3 nitrogen and oxygen atoms in total. The summed E-state index contributed by atoms with van der Waals surface area (Å²) in [5.41, 5.74) is 15.2. The number of fused-ring (bicyclic) bond motifs is 6. The van der Waals surface area contributed by atoms with Crippen molar-refractivity contribution in [2.45, 2.75) is 19.6 Å². The van der Waals surface area contributed by atoms with E-state index in [0.29, 0.717) is 0 Å². The summed E-state index contributed by atoms with van der Waals surface area (Å²) in [7, 11) is 0. The third-order valence-electron chi connectivity index (χ3n) is 11.7. The quantitative estimate of drug-likeness (QED) is 0.169. The van der Waals surface area contributed by atoms with Gasteiger partial charge in [-0.25, -0.2) is 0 Å². The molecule has 54 heavy (non-hydrogen) atoms. The fourth-order valence-electron chi connectivity index (χ4n) is 9.62. The maximum atomic E-state index is 2.56. The van der Waals surface area contributed by atoms with E-state index in [0.717, 1.165) is 0 Å². The van der Waals surface area contributed by atoms with Crippen molar-refractivity contribution in [2.24, 2.45) is 0 Å². The molecular weight excluding hydrogens is 693 g/mol. The number of hydrogen-bond donors (Lipinski definition) is 0. The average Bonchev–Trinajstić information content (AvgIpc) is 3.74. The number of benzene rings is 8. The van der Waals surface area contributed by atoms with Gasteiger partial charge in [0.05, 0.1) is 22.1 Å². The normalized spacial score (nSPS) is 13.7. The Balaban J connectivity index is 1.16. The molecule has 2 aromatic heterocycles. The minimum absolute atomic E-state index is 0.146. The van der Waals surface area contributed by atoms with E-state index in [1.165, 1.54) is 108 Å². The summed E-state index contributed by atoms with van der Waals surface area (Å²) in [5.74, 6) is 0. The molecule has 6 heteroatoms. The number of hydrogen-bond acceptors (Lipinski definition) is 3. The minimum atomic E-state index is 0.146. The molecular formula is C48H28BN3S2. The molecule has 0 N–H and O–H groups in total. The molecule has 0 atom stereocenters. The lowest BCUT2D eigenvalue weighted by molar-refractivity contribution is 1.13. The maximum absolute atomic E-state index is 2.56. The van der Waals surface area contributed by atoms with Crippen LogP contribution < -0.4 is 21.3 Å². The summed E-state index contributed by atoms with van der Waals surface area (Å²) in [4.78, 5) is 7.94.